The molecule has 0 atom stereocenters. The van der Waals surface area contributed by atoms with Crippen LogP contribution < -0.4 is 5.73 Å². The van der Waals surface area contributed by atoms with Gasteiger partial charge < -0.3 is 10.7 Å². The van der Waals surface area contributed by atoms with Crippen LogP contribution in [0.25, 0.3) is 0 Å². The normalized spacial score (nSPS) is 20.8. The minimum Gasteiger partial charge on any atom is -0.346 e. The molecule has 3 N–H and O–H groups in total. The molecule has 2 rings (SSSR count). The lowest BCUT2D eigenvalue weighted by molar-refractivity contribution is 0.446. The molecule has 0 amide bonds. The Bertz CT molecular complexity index is 308. The number of aromatic nitrogens is 2. The molecule has 0 radical (unpaired) electrons. The summed E-state index contributed by atoms with van der Waals surface area (Å²) >= 11 is 0. The fraction of sp³-hybridized carbons (Fsp3) is 0.700. The molecule has 1 fully saturated rings. The lowest BCUT2D eigenvalue weighted by Crippen LogP contribution is -2.34. The molecule has 0 unspecified atom stereocenters. The van der Waals surface area contributed by atoms with E-state index in [1.165, 1.54) is 12.8 Å². The van der Waals surface area contributed by atoms with Crippen LogP contribution in [0.3, 0.4) is 0 Å². The first-order chi connectivity index (χ1) is 6.12. The number of H-pyrrole nitrogens is 1. The Morgan fingerprint density at radius 1 is 1.31 bits per heavy atom. The maximum Gasteiger partial charge on any atom is 0.103 e. The quantitative estimate of drug-likeness (QED) is 0.690. The highest BCUT2D eigenvalue weighted by Gasteiger charge is 2.34. The van der Waals surface area contributed by atoms with Crippen molar-refractivity contribution in [1.82, 2.24) is 9.97 Å². The molecule has 1 aromatic heterocycles. The van der Waals surface area contributed by atoms with Gasteiger partial charge in [0.25, 0.3) is 0 Å². The van der Waals surface area contributed by atoms with Gasteiger partial charge in [0.1, 0.15) is 5.82 Å². The number of aromatic amines is 1. The molecular formula is C10H17N3. The van der Waals surface area contributed by atoms with Crippen molar-refractivity contribution in [2.75, 3.05) is 0 Å². The van der Waals surface area contributed by atoms with Gasteiger partial charge in [0.2, 0.25) is 0 Å². The molecule has 1 aliphatic carbocycles. The lowest BCUT2D eigenvalue weighted by Gasteiger charge is -2.21. The van der Waals surface area contributed by atoms with E-state index >= 15 is 0 Å². The van der Waals surface area contributed by atoms with Crippen molar-refractivity contribution in [3.8, 4) is 0 Å². The summed E-state index contributed by atoms with van der Waals surface area (Å²) in [5, 5.41) is 0. The molecule has 3 heteroatoms. The molecule has 1 aromatic rings. The molecule has 0 aliphatic heterocycles. The molecule has 1 aliphatic rings. The van der Waals surface area contributed by atoms with E-state index in [0.29, 0.717) is 0 Å². The molecule has 13 heavy (non-hydrogen) atoms. The topological polar surface area (TPSA) is 54.7 Å². The van der Waals surface area contributed by atoms with E-state index in [-0.39, 0.29) is 5.54 Å². The number of nitrogens with two attached hydrogens (primary N) is 1. The monoisotopic (exact) mass is 179 g/mol. The molecule has 1 saturated carbocycles. The summed E-state index contributed by atoms with van der Waals surface area (Å²) in [6.45, 7) is 4.04. The number of imidazole rings is 1. The van der Waals surface area contributed by atoms with Crippen molar-refractivity contribution < 1.29 is 0 Å². The summed E-state index contributed by atoms with van der Waals surface area (Å²) in [5.74, 6) is 0.976. The molecule has 0 bridgehead atoms. The number of hydrogen-bond acceptors (Lipinski definition) is 2. The third-order valence-electron chi connectivity index (χ3n) is 2.97. The summed E-state index contributed by atoms with van der Waals surface area (Å²) < 4.78 is 0. The third kappa shape index (κ3) is 1.37. The van der Waals surface area contributed by atoms with Crippen molar-refractivity contribution >= 4 is 0 Å². The van der Waals surface area contributed by atoms with Gasteiger partial charge in [0.15, 0.2) is 0 Å². The molecule has 0 saturated heterocycles. The Hall–Kier alpha value is -0.830. The van der Waals surface area contributed by atoms with E-state index in [1.807, 2.05) is 6.92 Å². The SMILES string of the molecule is Cc1nc(C2(N)CCCC2)c(C)[nH]1. The van der Waals surface area contributed by atoms with E-state index in [9.17, 15) is 0 Å². The van der Waals surface area contributed by atoms with E-state index in [4.69, 9.17) is 5.73 Å². The van der Waals surface area contributed by atoms with Crippen LogP contribution in [-0.4, -0.2) is 9.97 Å². The molecular weight excluding hydrogens is 162 g/mol. The van der Waals surface area contributed by atoms with Crippen LogP contribution in [-0.2, 0) is 5.54 Å². The number of hydrogen-bond donors (Lipinski definition) is 2. The molecule has 0 spiro atoms. The zero-order chi connectivity index (χ0) is 9.47. The van der Waals surface area contributed by atoms with Crippen molar-refractivity contribution in [2.24, 2.45) is 5.73 Å². The maximum absolute atomic E-state index is 6.31. The molecule has 72 valence electrons. The van der Waals surface area contributed by atoms with Gasteiger partial charge in [0.05, 0.1) is 11.2 Å². The third-order valence-corrected chi connectivity index (χ3v) is 2.97. The minimum absolute atomic E-state index is 0.144. The van der Waals surface area contributed by atoms with Gasteiger partial charge in [-0.2, -0.15) is 0 Å². The van der Waals surface area contributed by atoms with Gasteiger partial charge in [-0.1, -0.05) is 12.8 Å². The highest BCUT2D eigenvalue weighted by molar-refractivity contribution is 5.23. The lowest BCUT2D eigenvalue weighted by atomic mass is 9.93. The maximum atomic E-state index is 6.31. The van der Waals surface area contributed by atoms with Gasteiger partial charge in [-0.3, -0.25) is 0 Å². The van der Waals surface area contributed by atoms with Gasteiger partial charge in [0, 0.05) is 5.69 Å². The second kappa shape index (κ2) is 2.84. The van der Waals surface area contributed by atoms with Crippen LogP contribution in [0, 0.1) is 13.8 Å². The smallest absolute Gasteiger partial charge is 0.103 e. The highest BCUT2D eigenvalue weighted by Crippen LogP contribution is 2.36. The Balaban J connectivity index is 2.38. The van der Waals surface area contributed by atoms with Crippen molar-refractivity contribution in [3.05, 3.63) is 17.2 Å². The molecule has 1 heterocycles. The van der Waals surface area contributed by atoms with Gasteiger partial charge >= 0.3 is 0 Å². The van der Waals surface area contributed by atoms with E-state index in [2.05, 4.69) is 16.9 Å². The van der Waals surface area contributed by atoms with Crippen molar-refractivity contribution in [1.29, 1.82) is 0 Å². The number of rotatable bonds is 1. The number of aryl methyl sites for hydroxylation is 2. The van der Waals surface area contributed by atoms with Gasteiger partial charge in [-0.05, 0) is 26.7 Å². The summed E-state index contributed by atoms with van der Waals surface area (Å²) in [4.78, 5) is 7.70. The van der Waals surface area contributed by atoms with Crippen LogP contribution in [0.2, 0.25) is 0 Å². The predicted octanol–water partition coefficient (Wildman–Crippen LogP) is 1.75. The molecule has 3 nitrogen and oxygen atoms in total. The first-order valence-electron chi connectivity index (χ1n) is 4.94. The van der Waals surface area contributed by atoms with E-state index in [0.717, 1.165) is 30.1 Å². The Morgan fingerprint density at radius 2 is 1.92 bits per heavy atom. The summed E-state index contributed by atoms with van der Waals surface area (Å²) in [5.41, 5.74) is 8.39. The first-order valence-corrected chi connectivity index (χ1v) is 4.94. The standard InChI is InChI=1S/C10H17N3/c1-7-9(13-8(2)12-7)10(11)5-3-4-6-10/h3-6,11H2,1-2H3,(H,12,13). The first kappa shape index (κ1) is 8.75. The zero-order valence-electron chi connectivity index (χ0n) is 8.35. The van der Waals surface area contributed by atoms with E-state index < -0.39 is 0 Å². The van der Waals surface area contributed by atoms with Crippen LogP contribution in [0.4, 0.5) is 0 Å². The Labute approximate surface area is 78.7 Å². The summed E-state index contributed by atoms with van der Waals surface area (Å²) in [6.07, 6.45) is 4.64. The second-order valence-corrected chi connectivity index (χ2v) is 4.16. The zero-order valence-corrected chi connectivity index (χ0v) is 8.35. The van der Waals surface area contributed by atoms with Crippen LogP contribution in [0.5, 0.6) is 0 Å². The average Bonchev–Trinajstić information content (AvgIpc) is 2.59. The highest BCUT2D eigenvalue weighted by atomic mass is 15.0. The number of nitrogens with one attached hydrogen (secondary N) is 1. The largest absolute Gasteiger partial charge is 0.346 e. The summed E-state index contributed by atoms with van der Waals surface area (Å²) in [7, 11) is 0. The van der Waals surface area contributed by atoms with Crippen molar-refractivity contribution in [2.45, 2.75) is 45.1 Å². The van der Waals surface area contributed by atoms with Gasteiger partial charge in [-0.15, -0.1) is 0 Å². The van der Waals surface area contributed by atoms with Crippen LogP contribution >= 0.6 is 0 Å². The van der Waals surface area contributed by atoms with Crippen LogP contribution in [0.1, 0.15) is 42.9 Å². The minimum atomic E-state index is -0.144. The summed E-state index contributed by atoms with van der Waals surface area (Å²) in [6, 6.07) is 0. The Kier molecular flexibility index (Phi) is 1.91. The van der Waals surface area contributed by atoms with Crippen LogP contribution in [0.15, 0.2) is 0 Å². The second-order valence-electron chi connectivity index (χ2n) is 4.16. The van der Waals surface area contributed by atoms with Crippen molar-refractivity contribution in [3.63, 3.8) is 0 Å². The van der Waals surface area contributed by atoms with Gasteiger partial charge in [-0.25, -0.2) is 4.98 Å². The number of nitrogens with zero attached hydrogens (tertiary/aromatic N) is 1. The predicted molar refractivity (Wildman–Crippen MR) is 52.4 cm³/mol. The van der Waals surface area contributed by atoms with E-state index in [1.54, 1.807) is 0 Å². The Morgan fingerprint density at radius 3 is 2.38 bits per heavy atom. The fourth-order valence-corrected chi connectivity index (χ4v) is 2.34. The average molecular weight is 179 g/mol. The fourth-order valence-electron chi connectivity index (χ4n) is 2.34. The molecule has 0 aromatic carbocycles.